The van der Waals surface area contributed by atoms with Gasteiger partial charge in [-0.25, -0.2) is 4.98 Å². The molecule has 7 nitrogen and oxygen atoms in total. The number of nitrogens with zero attached hydrogens (tertiary/aromatic N) is 4. The van der Waals surface area contributed by atoms with Gasteiger partial charge in [0.05, 0.1) is 18.4 Å². The predicted octanol–water partition coefficient (Wildman–Crippen LogP) is 1.69. The van der Waals surface area contributed by atoms with Crippen molar-refractivity contribution in [3.05, 3.63) is 35.6 Å². The molecule has 1 aliphatic heterocycles. The maximum Gasteiger partial charge on any atom is 0.232 e. The molecule has 2 aromatic rings. The SMILES string of the molecule is Cc1noc(C)c1CCC(=O)N1CC[C@@H](Oc2cnccn2)C1. The van der Waals surface area contributed by atoms with Crippen molar-refractivity contribution < 1.29 is 14.1 Å². The molecule has 1 saturated heterocycles. The summed E-state index contributed by atoms with van der Waals surface area (Å²) in [6.07, 6.45) is 6.69. The number of hydrogen-bond acceptors (Lipinski definition) is 6. The summed E-state index contributed by atoms with van der Waals surface area (Å²) in [6, 6.07) is 0. The lowest BCUT2D eigenvalue weighted by Crippen LogP contribution is -2.31. The number of aromatic nitrogens is 3. The van der Waals surface area contributed by atoms with E-state index < -0.39 is 0 Å². The maximum atomic E-state index is 12.4. The van der Waals surface area contributed by atoms with Gasteiger partial charge >= 0.3 is 0 Å². The molecule has 0 unspecified atom stereocenters. The molecule has 1 amide bonds. The highest BCUT2D eigenvalue weighted by Crippen LogP contribution is 2.19. The third-order valence-corrected chi connectivity index (χ3v) is 4.09. The summed E-state index contributed by atoms with van der Waals surface area (Å²) in [7, 11) is 0. The smallest absolute Gasteiger partial charge is 0.232 e. The van der Waals surface area contributed by atoms with Crippen LogP contribution in [0.2, 0.25) is 0 Å². The van der Waals surface area contributed by atoms with E-state index in [2.05, 4.69) is 15.1 Å². The monoisotopic (exact) mass is 316 g/mol. The predicted molar refractivity (Wildman–Crippen MR) is 81.9 cm³/mol. The van der Waals surface area contributed by atoms with Crippen molar-refractivity contribution in [1.29, 1.82) is 0 Å². The summed E-state index contributed by atoms with van der Waals surface area (Å²) < 4.78 is 10.9. The lowest BCUT2D eigenvalue weighted by Gasteiger charge is -2.16. The zero-order valence-electron chi connectivity index (χ0n) is 13.4. The highest BCUT2D eigenvalue weighted by atomic mass is 16.5. The molecule has 3 heterocycles. The fourth-order valence-electron chi connectivity index (χ4n) is 2.82. The summed E-state index contributed by atoms with van der Waals surface area (Å²) in [5, 5.41) is 3.92. The van der Waals surface area contributed by atoms with Crippen LogP contribution in [0, 0.1) is 13.8 Å². The number of rotatable bonds is 5. The van der Waals surface area contributed by atoms with Crippen LogP contribution in [-0.4, -0.2) is 45.1 Å². The summed E-state index contributed by atoms with van der Waals surface area (Å²) in [5.41, 5.74) is 1.89. The zero-order valence-corrected chi connectivity index (χ0v) is 13.4. The summed E-state index contributed by atoms with van der Waals surface area (Å²) in [5.74, 6) is 1.43. The minimum atomic E-state index is -0.0188. The first kappa shape index (κ1) is 15.5. The van der Waals surface area contributed by atoms with Crippen molar-refractivity contribution in [2.75, 3.05) is 13.1 Å². The van der Waals surface area contributed by atoms with E-state index in [0.29, 0.717) is 31.8 Å². The Hall–Kier alpha value is -2.44. The van der Waals surface area contributed by atoms with Crippen molar-refractivity contribution >= 4 is 5.91 Å². The third-order valence-electron chi connectivity index (χ3n) is 4.09. The number of ether oxygens (including phenoxy) is 1. The van der Waals surface area contributed by atoms with E-state index in [1.807, 2.05) is 18.7 Å². The number of aryl methyl sites for hydroxylation is 2. The van der Waals surface area contributed by atoms with E-state index in [-0.39, 0.29) is 12.0 Å². The highest BCUT2D eigenvalue weighted by Gasteiger charge is 2.28. The molecule has 0 spiro atoms. The molecule has 23 heavy (non-hydrogen) atoms. The van der Waals surface area contributed by atoms with Crippen LogP contribution in [0.25, 0.3) is 0 Å². The van der Waals surface area contributed by atoms with Crippen molar-refractivity contribution in [3.63, 3.8) is 0 Å². The van der Waals surface area contributed by atoms with Gasteiger partial charge in [-0.05, 0) is 20.3 Å². The number of hydrogen-bond donors (Lipinski definition) is 0. The largest absolute Gasteiger partial charge is 0.471 e. The summed E-state index contributed by atoms with van der Waals surface area (Å²) in [6.45, 7) is 5.08. The molecule has 0 bridgehead atoms. The van der Waals surface area contributed by atoms with Gasteiger partial charge in [0.15, 0.2) is 0 Å². The molecule has 1 fully saturated rings. The molecule has 3 rings (SSSR count). The molecule has 0 saturated carbocycles. The van der Waals surface area contributed by atoms with Crippen LogP contribution in [0.15, 0.2) is 23.1 Å². The summed E-state index contributed by atoms with van der Waals surface area (Å²) >= 11 is 0. The second-order valence-corrected chi connectivity index (χ2v) is 5.71. The molecule has 0 radical (unpaired) electrons. The van der Waals surface area contributed by atoms with Gasteiger partial charge in [0.1, 0.15) is 11.9 Å². The van der Waals surface area contributed by atoms with Gasteiger partial charge in [-0.1, -0.05) is 5.16 Å². The molecule has 1 atom stereocenters. The van der Waals surface area contributed by atoms with Gasteiger partial charge in [-0.15, -0.1) is 0 Å². The first-order valence-corrected chi connectivity index (χ1v) is 7.75. The molecular weight excluding hydrogens is 296 g/mol. The van der Waals surface area contributed by atoms with E-state index in [1.54, 1.807) is 18.6 Å². The Morgan fingerprint density at radius 3 is 3.00 bits per heavy atom. The molecular formula is C16H20N4O3. The normalized spacial score (nSPS) is 17.5. The second-order valence-electron chi connectivity index (χ2n) is 5.71. The maximum absolute atomic E-state index is 12.4. The van der Waals surface area contributed by atoms with Crippen molar-refractivity contribution in [1.82, 2.24) is 20.0 Å². The Labute approximate surface area is 134 Å². The first-order chi connectivity index (χ1) is 11.1. The van der Waals surface area contributed by atoms with E-state index in [0.717, 1.165) is 23.4 Å². The van der Waals surface area contributed by atoms with E-state index >= 15 is 0 Å². The lowest BCUT2D eigenvalue weighted by molar-refractivity contribution is -0.130. The number of carbonyl (C=O) groups excluding carboxylic acids is 1. The first-order valence-electron chi connectivity index (χ1n) is 7.75. The molecule has 0 aliphatic carbocycles. The van der Waals surface area contributed by atoms with Gasteiger partial charge in [-0.2, -0.15) is 0 Å². The molecule has 0 aromatic carbocycles. The molecule has 0 N–H and O–H groups in total. The van der Waals surface area contributed by atoms with Crippen molar-refractivity contribution in [2.24, 2.45) is 0 Å². The van der Waals surface area contributed by atoms with E-state index in [1.165, 1.54) is 0 Å². The number of carbonyl (C=O) groups is 1. The van der Waals surface area contributed by atoms with Gasteiger partial charge in [-0.3, -0.25) is 9.78 Å². The highest BCUT2D eigenvalue weighted by molar-refractivity contribution is 5.76. The standard InChI is InChI=1S/C16H20N4O3/c1-11-14(12(2)23-19-11)3-4-16(21)20-8-5-13(10-20)22-15-9-17-6-7-18-15/h6-7,9,13H,3-5,8,10H2,1-2H3/t13-/m1/s1. The molecule has 122 valence electrons. The molecule has 2 aromatic heterocycles. The summed E-state index contributed by atoms with van der Waals surface area (Å²) in [4.78, 5) is 22.3. The fraction of sp³-hybridized carbons (Fsp3) is 0.500. The van der Waals surface area contributed by atoms with Gasteiger partial charge in [0, 0.05) is 37.3 Å². The minimum absolute atomic E-state index is 0.0188. The van der Waals surface area contributed by atoms with Crippen molar-refractivity contribution in [3.8, 4) is 5.88 Å². The average molecular weight is 316 g/mol. The Morgan fingerprint density at radius 2 is 2.30 bits per heavy atom. The van der Waals surface area contributed by atoms with Crippen LogP contribution >= 0.6 is 0 Å². The quantitative estimate of drug-likeness (QED) is 0.835. The Balaban J connectivity index is 1.49. The van der Waals surface area contributed by atoms with Gasteiger partial charge in [0.2, 0.25) is 11.8 Å². The van der Waals surface area contributed by atoms with Crippen LogP contribution in [0.5, 0.6) is 5.88 Å². The lowest BCUT2D eigenvalue weighted by atomic mass is 10.1. The third kappa shape index (κ3) is 3.67. The molecule has 1 aliphatic rings. The van der Waals surface area contributed by atoms with Gasteiger partial charge in [0.25, 0.3) is 0 Å². The second kappa shape index (κ2) is 6.76. The van der Waals surface area contributed by atoms with Crippen LogP contribution < -0.4 is 4.74 Å². The topological polar surface area (TPSA) is 81.4 Å². The minimum Gasteiger partial charge on any atom is -0.471 e. The van der Waals surface area contributed by atoms with E-state index in [4.69, 9.17) is 9.26 Å². The van der Waals surface area contributed by atoms with Gasteiger partial charge < -0.3 is 14.2 Å². The Morgan fingerprint density at radius 1 is 1.43 bits per heavy atom. The fourth-order valence-corrected chi connectivity index (χ4v) is 2.82. The Bertz CT molecular complexity index is 652. The average Bonchev–Trinajstić information content (AvgIpc) is 3.14. The Kier molecular flexibility index (Phi) is 4.55. The molecule has 7 heteroatoms. The number of amides is 1. The van der Waals surface area contributed by atoms with Crippen LogP contribution in [0.3, 0.4) is 0 Å². The van der Waals surface area contributed by atoms with Crippen LogP contribution in [0.1, 0.15) is 29.9 Å². The van der Waals surface area contributed by atoms with E-state index in [9.17, 15) is 4.79 Å². The van der Waals surface area contributed by atoms with Crippen molar-refractivity contribution in [2.45, 2.75) is 39.2 Å². The zero-order chi connectivity index (χ0) is 16.2. The van der Waals surface area contributed by atoms with Crippen LogP contribution in [0.4, 0.5) is 0 Å². The number of likely N-dealkylation sites (tertiary alicyclic amines) is 1. The van der Waals surface area contributed by atoms with Crippen LogP contribution in [-0.2, 0) is 11.2 Å².